The highest BCUT2D eigenvalue weighted by atomic mass is 16.5. The Labute approximate surface area is 73.1 Å². The number of rotatable bonds is 4. The van der Waals surface area contributed by atoms with E-state index in [4.69, 9.17) is 0 Å². The van der Waals surface area contributed by atoms with Crippen LogP contribution in [0.25, 0.3) is 0 Å². The Kier molecular flexibility index (Phi) is 4.55. The van der Waals surface area contributed by atoms with Gasteiger partial charge in [-0.1, -0.05) is 13.8 Å². The maximum absolute atomic E-state index is 10.9. The Bertz CT molecular complexity index is 175. The fraction of sp³-hybridized carbons (Fsp3) is 0.778. The molecule has 0 radical (unpaired) electrons. The number of carbonyl (C=O) groups is 2. The number of methoxy groups -OCH3 is 1. The Balaban J connectivity index is 3.91. The number of ether oxygens (including phenoxy) is 1. The molecule has 3 nitrogen and oxygen atoms in total. The van der Waals surface area contributed by atoms with Crippen LogP contribution in [0.2, 0.25) is 0 Å². The van der Waals surface area contributed by atoms with Gasteiger partial charge in [-0.05, 0) is 13.3 Å². The average Bonchev–Trinajstić information content (AvgIpc) is 2.02. The van der Waals surface area contributed by atoms with Crippen LogP contribution in [0.5, 0.6) is 0 Å². The first-order chi connectivity index (χ1) is 5.49. The molecule has 0 aromatic rings. The number of hydrogen-bond acceptors (Lipinski definition) is 3. The van der Waals surface area contributed by atoms with Gasteiger partial charge < -0.3 is 4.74 Å². The van der Waals surface area contributed by atoms with Gasteiger partial charge in [0.05, 0.1) is 13.0 Å². The molecule has 3 heteroatoms. The van der Waals surface area contributed by atoms with Crippen molar-refractivity contribution in [3.8, 4) is 0 Å². The van der Waals surface area contributed by atoms with Gasteiger partial charge in [0.25, 0.3) is 0 Å². The summed E-state index contributed by atoms with van der Waals surface area (Å²) < 4.78 is 4.54. The third-order valence-corrected chi connectivity index (χ3v) is 2.00. The molecule has 0 saturated heterocycles. The van der Waals surface area contributed by atoms with Gasteiger partial charge in [-0.25, -0.2) is 0 Å². The van der Waals surface area contributed by atoms with Gasteiger partial charge in [-0.15, -0.1) is 0 Å². The minimum atomic E-state index is -0.247. The molecular weight excluding hydrogens is 156 g/mol. The van der Waals surface area contributed by atoms with Gasteiger partial charge >= 0.3 is 5.97 Å². The number of carbonyl (C=O) groups excluding carboxylic acids is 2. The number of ketones is 1. The predicted octanol–water partition coefficient (Wildman–Crippen LogP) is 1.41. The SMILES string of the molecule is COC(=O)C(C)CC(C)C(C)=O. The first kappa shape index (κ1) is 11.1. The Morgan fingerprint density at radius 1 is 1.25 bits per heavy atom. The lowest BCUT2D eigenvalue weighted by molar-refractivity contribution is -0.145. The maximum Gasteiger partial charge on any atom is 0.308 e. The zero-order valence-corrected chi connectivity index (χ0v) is 8.09. The van der Waals surface area contributed by atoms with Gasteiger partial charge in [-0.3, -0.25) is 9.59 Å². The summed E-state index contributed by atoms with van der Waals surface area (Å²) in [6, 6.07) is 0. The summed E-state index contributed by atoms with van der Waals surface area (Å²) >= 11 is 0. The van der Waals surface area contributed by atoms with Crippen LogP contribution >= 0.6 is 0 Å². The zero-order chi connectivity index (χ0) is 9.72. The Morgan fingerprint density at radius 3 is 2.08 bits per heavy atom. The number of Topliss-reactive ketones (excluding diaryl/α,β-unsaturated/α-hetero) is 1. The van der Waals surface area contributed by atoms with Crippen molar-refractivity contribution in [2.24, 2.45) is 11.8 Å². The van der Waals surface area contributed by atoms with E-state index in [1.807, 2.05) is 6.92 Å². The van der Waals surface area contributed by atoms with Crippen LogP contribution in [0, 0.1) is 11.8 Å². The fourth-order valence-corrected chi connectivity index (χ4v) is 0.994. The second-order valence-electron chi connectivity index (χ2n) is 3.17. The Morgan fingerprint density at radius 2 is 1.75 bits per heavy atom. The van der Waals surface area contributed by atoms with Gasteiger partial charge in [-0.2, -0.15) is 0 Å². The highest BCUT2D eigenvalue weighted by Crippen LogP contribution is 2.13. The monoisotopic (exact) mass is 172 g/mol. The quantitative estimate of drug-likeness (QED) is 0.602. The van der Waals surface area contributed by atoms with Crippen molar-refractivity contribution in [2.45, 2.75) is 27.2 Å². The summed E-state index contributed by atoms with van der Waals surface area (Å²) in [5, 5.41) is 0. The Hall–Kier alpha value is -0.860. The molecule has 0 bridgehead atoms. The first-order valence-electron chi connectivity index (χ1n) is 4.07. The topological polar surface area (TPSA) is 43.4 Å². The zero-order valence-electron chi connectivity index (χ0n) is 8.09. The molecule has 0 N–H and O–H groups in total. The maximum atomic E-state index is 10.9. The summed E-state index contributed by atoms with van der Waals surface area (Å²) in [5.74, 6) is -0.373. The van der Waals surface area contributed by atoms with Crippen LogP contribution < -0.4 is 0 Å². The van der Waals surface area contributed by atoms with Gasteiger partial charge in [0, 0.05) is 5.92 Å². The van der Waals surface area contributed by atoms with E-state index in [1.165, 1.54) is 14.0 Å². The van der Waals surface area contributed by atoms with E-state index in [0.29, 0.717) is 6.42 Å². The molecule has 0 amide bonds. The van der Waals surface area contributed by atoms with Crippen LogP contribution in [0.4, 0.5) is 0 Å². The molecule has 0 aromatic carbocycles. The van der Waals surface area contributed by atoms with Crippen molar-refractivity contribution in [1.29, 1.82) is 0 Å². The minimum absolute atomic E-state index is 0.0564. The molecule has 0 aliphatic carbocycles. The largest absolute Gasteiger partial charge is 0.469 e. The molecule has 2 unspecified atom stereocenters. The number of esters is 1. The van der Waals surface area contributed by atoms with E-state index in [0.717, 1.165) is 0 Å². The number of hydrogen-bond donors (Lipinski definition) is 0. The molecule has 70 valence electrons. The third kappa shape index (κ3) is 3.51. The van der Waals surface area contributed by atoms with Crippen molar-refractivity contribution in [3.63, 3.8) is 0 Å². The van der Waals surface area contributed by atoms with Gasteiger partial charge in [0.1, 0.15) is 5.78 Å². The fourth-order valence-electron chi connectivity index (χ4n) is 0.994. The van der Waals surface area contributed by atoms with Gasteiger partial charge in [0.2, 0.25) is 0 Å². The normalized spacial score (nSPS) is 15.0. The standard InChI is InChI=1S/C9H16O3/c1-6(8(3)10)5-7(2)9(11)12-4/h6-7H,5H2,1-4H3. The predicted molar refractivity (Wildman–Crippen MR) is 45.6 cm³/mol. The van der Waals surface area contributed by atoms with Crippen LogP contribution in [-0.2, 0) is 14.3 Å². The summed E-state index contributed by atoms with van der Waals surface area (Å²) in [4.78, 5) is 21.8. The van der Waals surface area contributed by atoms with Crippen LogP contribution in [-0.4, -0.2) is 18.9 Å². The second-order valence-corrected chi connectivity index (χ2v) is 3.17. The lowest BCUT2D eigenvalue weighted by Gasteiger charge is -2.12. The molecular formula is C9H16O3. The van der Waals surface area contributed by atoms with Crippen molar-refractivity contribution in [3.05, 3.63) is 0 Å². The van der Waals surface area contributed by atoms with E-state index < -0.39 is 0 Å². The molecule has 2 atom stereocenters. The van der Waals surface area contributed by atoms with E-state index >= 15 is 0 Å². The summed E-state index contributed by atoms with van der Waals surface area (Å²) in [7, 11) is 1.36. The average molecular weight is 172 g/mol. The van der Waals surface area contributed by atoms with E-state index in [9.17, 15) is 9.59 Å². The van der Waals surface area contributed by atoms with Crippen molar-refractivity contribution >= 4 is 11.8 Å². The smallest absolute Gasteiger partial charge is 0.308 e. The minimum Gasteiger partial charge on any atom is -0.469 e. The summed E-state index contributed by atoms with van der Waals surface area (Å²) in [6.07, 6.45) is 0.571. The van der Waals surface area contributed by atoms with E-state index in [1.54, 1.807) is 6.92 Å². The third-order valence-electron chi connectivity index (χ3n) is 2.00. The molecule has 0 fully saturated rings. The molecule has 0 heterocycles. The van der Waals surface area contributed by atoms with Crippen LogP contribution in [0.1, 0.15) is 27.2 Å². The molecule has 0 rings (SSSR count). The highest BCUT2D eigenvalue weighted by Gasteiger charge is 2.18. The molecule has 0 aliphatic rings. The molecule has 0 spiro atoms. The molecule has 12 heavy (non-hydrogen) atoms. The lowest BCUT2D eigenvalue weighted by atomic mass is 9.95. The first-order valence-corrected chi connectivity index (χ1v) is 4.07. The van der Waals surface area contributed by atoms with Crippen molar-refractivity contribution < 1.29 is 14.3 Å². The van der Waals surface area contributed by atoms with E-state index in [2.05, 4.69) is 4.74 Å². The van der Waals surface area contributed by atoms with Crippen LogP contribution in [0.3, 0.4) is 0 Å². The van der Waals surface area contributed by atoms with Crippen molar-refractivity contribution in [2.75, 3.05) is 7.11 Å². The summed E-state index contributed by atoms with van der Waals surface area (Å²) in [5.41, 5.74) is 0. The van der Waals surface area contributed by atoms with Crippen molar-refractivity contribution in [1.82, 2.24) is 0 Å². The molecule has 0 aliphatic heterocycles. The highest BCUT2D eigenvalue weighted by molar-refractivity contribution is 5.79. The van der Waals surface area contributed by atoms with Crippen LogP contribution in [0.15, 0.2) is 0 Å². The lowest BCUT2D eigenvalue weighted by Crippen LogP contribution is -2.18. The second kappa shape index (κ2) is 4.91. The van der Waals surface area contributed by atoms with E-state index in [-0.39, 0.29) is 23.6 Å². The summed E-state index contributed by atoms with van der Waals surface area (Å²) in [6.45, 7) is 5.13. The molecule has 0 saturated carbocycles. The van der Waals surface area contributed by atoms with Gasteiger partial charge in [0.15, 0.2) is 0 Å². The molecule has 0 aromatic heterocycles.